The van der Waals surface area contributed by atoms with Gasteiger partial charge in [-0.2, -0.15) is 0 Å². The molecule has 1 amide bonds. The summed E-state index contributed by atoms with van der Waals surface area (Å²) in [7, 11) is 0. The summed E-state index contributed by atoms with van der Waals surface area (Å²) in [5.74, 6) is -0.0442. The lowest BCUT2D eigenvalue weighted by Crippen LogP contribution is -2.12. The summed E-state index contributed by atoms with van der Waals surface area (Å²) in [5.41, 5.74) is 6.44. The minimum Gasteiger partial charge on any atom is -0.366 e. The Balaban J connectivity index is 2.06. The van der Waals surface area contributed by atoms with E-state index in [0.29, 0.717) is 17.4 Å². The van der Waals surface area contributed by atoms with Gasteiger partial charge in [0.05, 0.1) is 27.8 Å². The second-order valence-electron chi connectivity index (χ2n) is 5.67. The zero-order valence-corrected chi connectivity index (χ0v) is 13.7. The van der Waals surface area contributed by atoms with Gasteiger partial charge in [-0.15, -0.1) is 11.3 Å². The molecular formula is C14H17ClN4OS. The highest BCUT2D eigenvalue weighted by Gasteiger charge is 2.18. The number of rotatable bonds is 4. The van der Waals surface area contributed by atoms with Crippen LogP contribution < -0.4 is 11.1 Å². The van der Waals surface area contributed by atoms with E-state index in [9.17, 15) is 4.79 Å². The lowest BCUT2D eigenvalue weighted by molar-refractivity contribution is 0.1000. The number of pyridine rings is 1. The van der Waals surface area contributed by atoms with Crippen molar-refractivity contribution >= 4 is 34.7 Å². The highest BCUT2D eigenvalue weighted by Crippen LogP contribution is 2.26. The van der Waals surface area contributed by atoms with Crippen molar-refractivity contribution in [3.05, 3.63) is 38.9 Å². The summed E-state index contributed by atoms with van der Waals surface area (Å²) in [4.78, 5) is 19.7. The molecule has 21 heavy (non-hydrogen) atoms. The molecule has 0 aliphatic carbocycles. The number of thiazole rings is 1. The molecule has 5 nitrogen and oxygen atoms in total. The lowest BCUT2D eigenvalue weighted by Gasteiger charge is -2.13. The highest BCUT2D eigenvalue weighted by atomic mass is 35.5. The van der Waals surface area contributed by atoms with Crippen molar-refractivity contribution in [2.45, 2.75) is 32.7 Å². The van der Waals surface area contributed by atoms with Gasteiger partial charge in [0.25, 0.3) is 0 Å². The van der Waals surface area contributed by atoms with Crippen LogP contribution in [0, 0.1) is 0 Å². The molecule has 0 fully saturated rings. The number of amides is 1. The molecule has 2 heterocycles. The molecule has 0 bridgehead atoms. The van der Waals surface area contributed by atoms with Gasteiger partial charge < -0.3 is 11.1 Å². The highest BCUT2D eigenvalue weighted by molar-refractivity contribution is 7.09. The normalized spacial score (nSPS) is 11.4. The van der Waals surface area contributed by atoms with Gasteiger partial charge in [0.2, 0.25) is 5.91 Å². The van der Waals surface area contributed by atoms with Crippen LogP contribution in [0.4, 0.5) is 5.82 Å². The fourth-order valence-corrected chi connectivity index (χ4v) is 2.75. The van der Waals surface area contributed by atoms with E-state index in [0.717, 1.165) is 10.7 Å². The Bertz CT molecular complexity index is 663. The first kappa shape index (κ1) is 15.7. The third kappa shape index (κ3) is 3.92. The quantitative estimate of drug-likeness (QED) is 0.905. The summed E-state index contributed by atoms with van der Waals surface area (Å²) in [6.45, 7) is 6.91. The number of primary amides is 1. The third-order valence-electron chi connectivity index (χ3n) is 2.76. The van der Waals surface area contributed by atoms with Crippen LogP contribution in [0.1, 0.15) is 41.8 Å². The first-order valence-electron chi connectivity index (χ1n) is 6.41. The van der Waals surface area contributed by atoms with E-state index in [-0.39, 0.29) is 11.0 Å². The van der Waals surface area contributed by atoms with Crippen LogP contribution in [0.15, 0.2) is 17.6 Å². The molecule has 0 atom stereocenters. The molecule has 3 N–H and O–H groups in total. The largest absolute Gasteiger partial charge is 0.366 e. The van der Waals surface area contributed by atoms with E-state index in [1.165, 1.54) is 12.3 Å². The van der Waals surface area contributed by atoms with E-state index < -0.39 is 5.91 Å². The van der Waals surface area contributed by atoms with Gasteiger partial charge in [0.15, 0.2) is 0 Å². The van der Waals surface area contributed by atoms with Crippen LogP contribution in [0.2, 0.25) is 5.02 Å². The van der Waals surface area contributed by atoms with Crippen LogP contribution in [-0.4, -0.2) is 15.9 Å². The number of nitrogens with two attached hydrogens (primary N) is 1. The molecule has 0 aliphatic rings. The first-order chi connectivity index (χ1) is 9.77. The zero-order valence-electron chi connectivity index (χ0n) is 12.1. The number of nitrogens with one attached hydrogen (secondary N) is 1. The van der Waals surface area contributed by atoms with Crippen molar-refractivity contribution in [2.24, 2.45) is 5.73 Å². The maximum Gasteiger partial charge on any atom is 0.250 e. The fourth-order valence-electron chi connectivity index (χ4n) is 1.61. The molecule has 7 heteroatoms. The molecular weight excluding hydrogens is 308 g/mol. The van der Waals surface area contributed by atoms with E-state index in [2.05, 4.69) is 36.1 Å². The predicted molar refractivity (Wildman–Crippen MR) is 85.9 cm³/mol. The topological polar surface area (TPSA) is 80.9 Å². The van der Waals surface area contributed by atoms with Crippen molar-refractivity contribution in [1.29, 1.82) is 0 Å². The number of halogens is 1. The van der Waals surface area contributed by atoms with Crippen molar-refractivity contribution in [1.82, 2.24) is 9.97 Å². The van der Waals surface area contributed by atoms with Gasteiger partial charge in [-0.1, -0.05) is 32.4 Å². The number of carbonyl (C=O) groups excluding carboxylic acids is 1. The molecule has 0 saturated carbocycles. The summed E-state index contributed by atoms with van der Waals surface area (Å²) in [6.07, 6.45) is 1.40. The zero-order chi connectivity index (χ0) is 15.6. The molecule has 0 unspecified atom stereocenters. The molecule has 0 spiro atoms. The van der Waals surface area contributed by atoms with Crippen LogP contribution in [-0.2, 0) is 12.0 Å². The number of nitrogens with zero attached hydrogens (tertiary/aromatic N) is 2. The monoisotopic (exact) mass is 324 g/mol. The van der Waals surface area contributed by atoms with Gasteiger partial charge in [0.1, 0.15) is 5.82 Å². The second-order valence-corrected chi connectivity index (χ2v) is 6.93. The number of anilines is 1. The fraction of sp³-hybridized carbons (Fsp3) is 0.357. The van der Waals surface area contributed by atoms with Crippen molar-refractivity contribution in [2.75, 3.05) is 5.32 Å². The lowest BCUT2D eigenvalue weighted by atomic mass is 9.98. The molecule has 0 aliphatic heterocycles. The predicted octanol–water partition coefficient (Wildman–Crippen LogP) is 3.20. The van der Waals surface area contributed by atoms with E-state index in [1.807, 2.05) is 5.38 Å². The minimum absolute atomic E-state index is 0.0436. The Kier molecular flexibility index (Phi) is 4.49. The maximum absolute atomic E-state index is 11.0. The molecule has 0 saturated heterocycles. The van der Waals surface area contributed by atoms with Gasteiger partial charge in [-0.05, 0) is 6.07 Å². The van der Waals surface area contributed by atoms with Crippen LogP contribution >= 0.6 is 22.9 Å². The third-order valence-corrected chi connectivity index (χ3v) is 4.36. The van der Waals surface area contributed by atoms with E-state index in [4.69, 9.17) is 17.3 Å². The Morgan fingerprint density at radius 3 is 2.71 bits per heavy atom. The van der Waals surface area contributed by atoms with Gasteiger partial charge in [-0.3, -0.25) is 4.79 Å². The van der Waals surface area contributed by atoms with Gasteiger partial charge in [0, 0.05) is 17.0 Å². The standard InChI is InChI=1S/C14H17ClN4OS/c1-14(2,3)13-19-9(7-21-13)6-18-12-10(15)4-8(5-17-12)11(16)20/h4-5,7H,6H2,1-3H3,(H2,16,20)(H,17,18). The Labute approximate surface area is 132 Å². The second kappa shape index (κ2) is 5.99. The number of carbonyl (C=O) groups is 1. The minimum atomic E-state index is -0.551. The Morgan fingerprint density at radius 2 is 2.19 bits per heavy atom. The maximum atomic E-state index is 11.0. The van der Waals surface area contributed by atoms with Crippen molar-refractivity contribution in [3.8, 4) is 0 Å². The summed E-state index contributed by atoms with van der Waals surface area (Å²) in [5, 5.41) is 6.57. The smallest absolute Gasteiger partial charge is 0.250 e. The number of hydrogen-bond donors (Lipinski definition) is 2. The van der Waals surface area contributed by atoms with Gasteiger partial charge in [-0.25, -0.2) is 9.97 Å². The molecule has 2 aromatic heterocycles. The molecule has 0 radical (unpaired) electrons. The van der Waals surface area contributed by atoms with Crippen LogP contribution in [0.5, 0.6) is 0 Å². The molecule has 112 valence electrons. The van der Waals surface area contributed by atoms with Gasteiger partial charge >= 0.3 is 0 Å². The summed E-state index contributed by atoms with van der Waals surface area (Å²) in [6, 6.07) is 1.50. The SMILES string of the molecule is CC(C)(C)c1nc(CNc2ncc(C(N)=O)cc2Cl)cs1. The first-order valence-corrected chi connectivity index (χ1v) is 7.67. The summed E-state index contributed by atoms with van der Waals surface area (Å²) < 4.78 is 0. The molecule has 0 aromatic carbocycles. The average molecular weight is 325 g/mol. The Hall–Kier alpha value is -1.66. The number of hydrogen-bond acceptors (Lipinski definition) is 5. The van der Waals surface area contributed by atoms with Crippen molar-refractivity contribution in [3.63, 3.8) is 0 Å². The molecule has 2 aromatic rings. The van der Waals surface area contributed by atoms with Crippen LogP contribution in [0.3, 0.4) is 0 Å². The van der Waals surface area contributed by atoms with E-state index >= 15 is 0 Å². The average Bonchev–Trinajstić information content (AvgIpc) is 2.85. The molecule has 2 rings (SSSR count). The Morgan fingerprint density at radius 1 is 1.48 bits per heavy atom. The van der Waals surface area contributed by atoms with Crippen LogP contribution in [0.25, 0.3) is 0 Å². The van der Waals surface area contributed by atoms with Crippen molar-refractivity contribution < 1.29 is 4.79 Å². The summed E-state index contributed by atoms with van der Waals surface area (Å²) >= 11 is 7.70. The van der Waals surface area contributed by atoms with E-state index in [1.54, 1.807) is 11.3 Å². The number of aromatic nitrogens is 2.